The van der Waals surface area contributed by atoms with Crippen LogP contribution < -0.4 is 19.9 Å². The number of aromatic nitrogens is 1. The van der Waals surface area contributed by atoms with Crippen molar-refractivity contribution >= 4 is 22.8 Å². The lowest BCUT2D eigenvalue weighted by molar-refractivity contribution is -0.136. The van der Waals surface area contributed by atoms with Crippen LogP contribution in [0.15, 0.2) is 42.6 Å². The summed E-state index contributed by atoms with van der Waals surface area (Å²) in [5.41, 5.74) is 6.78. The fourth-order valence-electron chi connectivity index (χ4n) is 2.92. The summed E-state index contributed by atoms with van der Waals surface area (Å²) in [5, 5.41) is 9.63. The van der Waals surface area contributed by atoms with Gasteiger partial charge in [0.2, 0.25) is 0 Å². The van der Waals surface area contributed by atoms with E-state index in [4.69, 9.17) is 25.1 Å². The van der Waals surface area contributed by atoms with Crippen molar-refractivity contribution in [1.82, 2.24) is 4.98 Å². The molecule has 1 aromatic heterocycles. The predicted molar refractivity (Wildman–Crippen MR) is 106 cm³/mol. The third kappa shape index (κ3) is 4.37. The molecule has 0 atom stereocenters. The molecule has 0 saturated heterocycles. The molecule has 8 heteroatoms. The van der Waals surface area contributed by atoms with Crippen LogP contribution in [0.2, 0.25) is 0 Å². The fourth-order valence-corrected chi connectivity index (χ4v) is 2.92. The van der Waals surface area contributed by atoms with Crippen LogP contribution in [0, 0.1) is 0 Å². The number of primary amides is 1. The summed E-state index contributed by atoms with van der Waals surface area (Å²) in [5.74, 6) is 0.0829. The summed E-state index contributed by atoms with van der Waals surface area (Å²) >= 11 is 0. The highest BCUT2D eigenvalue weighted by atomic mass is 16.5. The maximum absolute atomic E-state index is 11.8. The van der Waals surface area contributed by atoms with Crippen molar-refractivity contribution in [3.63, 3.8) is 0 Å². The van der Waals surface area contributed by atoms with Crippen LogP contribution in [0.4, 0.5) is 0 Å². The molecule has 150 valence electrons. The molecule has 0 radical (unpaired) electrons. The van der Waals surface area contributed by atoms with Crippen LogP contribution in [0.3, 0.4) is 0 Å². The molecule has 3 N–H and O–H groups in total. The van der Waals surface area contributed by atoms with E-state index in [1.54, 1.807) is 42.6 Å². The van der Waals surface area contributed by atoms with Gasteiger partial charge in [0.05, 0.1) is 31.2 Å². The van der Waals surface area contributed by atoms with E-state index in [-0.39, 0.29) is 12.0 Å². The Morgan fingerprint density at radius 1 is 1.10 bits per heavy atom. The highest BCUT2D eigenvalue weighted by Gasteiger charge is 2.15. The summed E-state index contributed by atoms with van der Waals surface area (Å²) in [6.07, 6.45) is 1.42. The Morgan fingerprint density at radius 3 is 2.55 bits per heavy atom. The van der Waals surface area contributed by atoms with Gasteiger partial charge in [0.1, 0.15) is 23.0 Å². The molecule has 0 saturated carbocycles. The number of aliphatic carboxylic acids is 1. The molecule has 0 fully saturated rings. The fraction of sp³-hybridized carbons (Fsp3) is 0.190. The second kappa shape index (κ2) is 8.47. The molecule has 0 aliphatic rings. The minimum Gasteiger partial charge on any atom is -0.496 e. The normalized spacial score (nSPS) is 10.6. The molecule has 1 heterocycles. The summed E-state index contributed by atoms with van der Waals surface area (Å²) in [6, 6.07) is 9.78. The number of ether oxygens (including phenoxy) is 3. The summed E-state index contributed by atoms with van der Waals surface area (Å²) in [7, 11) is 1.45. The van der Waals surface area contributed by atoms with E-state index in [9.17, 15) is 9.59 Å². The number of amides is 1. The number of hydrogen-bond acceptors (Lipinski definition) is 6. The second-order valence-corrected chi connectivity index (χ2v) is 6.12. The zero-order chi connectivity index (χ0) is 21.0. The van der Waals surface area contributed by atoms with E-state index in [0.29, 0.717) is 46.1 Å². The number of carboxylic acid groups (broad SMARTS) is 1. The highest BCUT2D eigenvalue weighted by Crippen LogP contribution is 2.35. The number of carboxylic acids is 1. The van der Waals surface area contributed by atoms with Crippen molar-refractivity contribution < 1.29 is 28.9 Å². The number of hydrogen-bond donors (Lipinski definition) is 2. The maximum atomic E-state index is 11.8. The van der Waals surface area contributed by atoms with Crippen LogP contribution in [-0.4, -0.2) is 35.7 Å². The minimum atomic E-state index is -0.951. The van der Waals surface area contributed by atoms with Gasteiger partial charge >= 0.3 is 5.97 Å². The van der Waals surface area contributed by atoms with Crippen LogP contribution in [0.1, 0.15) is 22.8 Å². The van der Waals surface area contributed by atoms with Gasteiger partial charge in [0, 0.05) is 29.3 Å². The molecule has 29 heavy (non-hydrogen) atoms. The minimum absolute atomic E-state index is 0.157. The van der Waals surface area contributed by atoms with Crippen molar-refractivity contribution in [3.05, 3.63) is 53.7 Å². The zero-order valence-electron chi connectivity index (χ0n) is 16.0. The highest BCUT2D eigenvalue weighted by molar-refractivity contribution is 6.01. The van der Waals surface area contributed by atoms with Crippen LogP contribution in [-0.2, 0) is 11.2 Å². The summed E-state index contributed by atoms with van der Waals surface area (Å²) in [4.78, 5) is 27.1. The van der Waals surface area contributed by atoms with Gasteiger partial charge < -0.3 is 25.1 Å². The van der Waals surface area contributed by atoms with Crippen LogP contribution >= 0.6 is 0 Å². The van der Waals surface area contributed by atoms with Gasteiger partial charge in [-0.2, -0.15) is 0 Å². The van der Waals surface area contributed by atoms with Crippen molar-refractivity contribution in [3.8, 4) is 23.0 Å². The molecule has 0 unspecified atom stereocenters. The average Bonchev–Trinajstić information content (AvgIpc) is 2.69. The number of nitrogens with zero attached hydrogens (tertiary/aromatic N) is 1. The van der Waals surface area contributed by atoms with E-state index in [1.807, 2.05) is 6.92 Å². The van der Waals surface area contributed by atoms with Gasteiger partial charge in [-0.25, -0.2) is 0 Å². The molecule has 3 aromatic rings. The van der Waals surface area contributed by atoms with Gasteiger partial charge in [-0.15, -0.1) is 0 Å². The Kier molecular flexibility index (Phi) is 5.82. The maximum Gasteiger partial charge on any atom is 0.307 e. The Balaban J connectivity index is 2.03. The number of methoxy groups -OCH3 is 1. The number of benzene rings is 2. The largest absolute Gasteiger partial charge is 0.496 e. The first-order valence-electron chi connectivity index (χ1n) is 8.84. The van der Waals surface area contributed by atoms with Crippen molar-refractivity contribution in [1.29, 1.82) is 0 Å². The van der Waals surface area contributed by atoms with Gasteiger partial charge in [-0.05, 0) is 25.1 Å². The number of pyridine rings is 1. The van der Waals surface area contributed by atoms with Gasteiger partial charge in [-0.3, -0.25) is 14.6 Å². The first kappa shape index (κ1) is 19.9. The Bertz CT molecular complexity index is 1080. The van der Waals surface area contributed by atoms with Crippen molar-refractivity contribution in [2.24, 2.45) is 5.73 Å². The third-order valence-corrected chi connectivity index (χ3v) is 4.20. The third-order valence-electron chi connectivity index (χ3n) is 4.20. The molecule has 0 bridgehead atoms. The number of carbonyl (C=O) groups is 2. The second-order valence-electron chi connectivity index (χ2n) is 6.12. The standard InChI is InChI=1S/C21H20N2O6/c1-3-28-18-9-13(5-4-12(18)8-20(24)25)29-17-6-7-23-16-11-19(27-2)15(21(22)26)10-14(16)17/h4-7,9-11H,3,8H2,1-2H3,(H2,22,26)(H,24,25). The first-order valence-corrected chi connectivity index (χ1v) is 8.84. The quantitative estimate of drug-likeness (QED) is 0.600. The molecule has 2 aromatic carbocycles. The lowest BCUT2D eigenvalue weighted by Gasteiger charge is -2.14. The summed E-state index contributed by atoms with van der Waals surface area (Å²) < 4.78 is 16.8. The van der Waals surface area contributed by atoms with Gasteiger partial charge in [0.15, 0.2) is 0 Å². The number of carbonyl (C=O) groups excluding carboxylic acids is 1. The number of fused-ring (bicyclic) bond motifs is 1. The van der Waals surface area contributed by atoms with E-state index in [0.717, 1.165) is 0 Å². The lowest BCUT2D eigenvalue weighted by atomic mass is 10.1. The topological polar surface area (TPSA) is 121 Å². The van der Waals surface area contributed by atoms with Gasteiger partial charge in [0.25, 0.3) is 5.91 Å². The molecule has 0 aliphatic carbocycles. The number of rotatable bonds is 8. The lowest BCUT2D eigenvalue weighted by Crippen LogP contribution is -2.12. The van der Waals surface area contributed by atoms with Crippen LogP contribution in [0.25, 0.3) is 10.9 Å². The SMILES string of the molecule is CCOc1cc(Oc2ccnc3cc(OC)c(C(N)=O)cc23)ccc1CC(=O)O. The molecular weight excluding hydrogens is 376 g/mol. The van der Waals surface area contributed by atoms with Crippen molar-refractivity contribution in [2.45, 2.75) is 13.3 Å². The Hall–Kier alpha value is -3.81. The average molecular weight is 396 g/mol. The molecule has 3 rings (SSSR count). The van der Waals surface area contributed by atoms with Crippen molar-refractivity contribution in [2.75, 3.05) is 13.7 Å². The molecule has 0 aliphatic heterocycles. The molecule has 8 nitrogen and oxygen atoms in total. The number of nitrogens with two attached hydrogens (primary N) is 1. The van der Waals surface area contributed by atoms with E-state index in [2.05, 4.69) is 4.98 Å². The van der Waals surface area contributed by atoms with E-state index in [1.165, 1.54) is 7.11 Å². The zero-order valence-corrected chi connectivity index (χ0v) is 16.0. The molecule has 1 amide bonds. The first-order chi connectivity index (χ1) is 13.9. The molecule has 0 spiro atoms. The van der Waals surface area contributed by atoms with Gasteiger partial charge in [-0.1, -0.05) is 6.07 Å². The summed E-state index contributed by atoms with van der Waals surface area (Å²) in [6.45, 7) is 2.20. The van der Waals surface area contributed by atoms with E-state index >= 15 is 0 Å². The van der Waals surface area contributed by atoms with E-state index < -0.39 is 11.9 Å². The monoisotopic (exact) mass is 396 g/mol. The Labute approximate surface area is 166 Å². The molecular formula is C21H20N2O6. The van der Waals surface area contributed by atoms with Crippen LogP contribution in [0.5, 0.6) is 23.0 Å². The smallest absolute Gasteiger partial charge is 0.307 e. The Morgan fingerprint density at radius 2 is 1.90 bits per heavy atom. The predicted octanol–water partition coefficient (Wildman–Crippen LogP) is 3.16.